The number of rotatable bonds is 7. The predicted octanol–water partition coefficient (Wildman–Crippen LogP) is 5.59. The van der Waals surface area contributed by atoms with Crippen LogP contribution < -0.4 is 14.9 Å². The van der Waals surface area contributed by atoms with Gasteiger partial charge in [0.25, 0.3) is 5.91 Å². The molecule has 0 heterocycles. The van der Waals surface area contributed by atoms with Gasteiger partial charge in [0.1, 0.15) is 12.4 Å². The summed E-state index contributed by atoms with van der Waals surface area (Å²) in [5.41, 5.74) is 4.22. The lowest BCUT2D eigenvalue weighted by atomic mass is 10.2. The SMILES string of the molecule is COc1cc(/C=N/NC(=O)c2ccc(F)cc2)cc(Br)c1OCc1ccccc1Cl. The zero-order chi connectivity index (χ0) is 21.5. The van der Waals surface area contributed by atoms with Gasteiger partial charge in [-0.1, -0.05) is 29.8 Å². The summed E-state index contributed by atoms with van der Waals surface area (Å²) in [5.74, 6) is 0.147. The normalized spacial score (nSPS) is 10.8. The number of methoxy groups -OCH3 is 1. The maximum absolute atomic E-state index is 12.9. The largest absolute Gasteiger partial charge is 0.493 e. The molecular weight excluding hydrogens is 475 g/mol. The van der Waals surface area contributed by atoms with Gasteiger partial charge in [-0.25, -0.2) is 9.82 Å². The summed E-state index contributed by atoms with van der Waals surface area (Å²) < 4.78 is 24.9. The molecule has 1 amide bonds. The van der Waals surface area contributed by atoms with Gasteiger partial charge < -0.3 is 9.47 Å². The first-order valence-corrected chi connectivity index (χ1v) is 9.97. The second-order valence-corrected chi connectivity index (χ2v) is 7.38. The van der Waals surface area contributed by atoms with Crippen molar-refractivity contribution in [3.63, 3.8) is 0 Å². The van der Waals surface area contributed by atoms with Crippen LogP contribution in [0.1, 0.15) is 21.5 Å². The van der Waals surface area contributed by atoms with Crippen LogP contribution in [0.15, 0.2) is 70.2 Å². The number of carbonyl (C=O) groups is 1. The van der Waals surface area contributed by atoms with Crippen molar-refractivity contribution in [1.29, 1.82) is 0 Å². The monoisotopic (exact) mass is 490 g/mol. The quantitative estimate of drug-likeness (QED) is 0.346. The Morgan fingerprint density at radius 1 is 1.20 bits per heavy atom. The average molecular weight is 492 g/mol. The molecule has 0 radical (unpaired) electrons. The van der Waals surface area contributed by atoms with Crippen LogP contribution in [-0.4, -0.2) is 19.2 Å². The third-order valence-corrected chi connectivity index (χ3v) is 5.03. The molecule has 3 aromatic carbocycles. The van der Waals surface area contributed by atoms with E-state index in [1.807, 2.05) is 18.2 Å². The minimum Gasteiger partial charge on any atom is -0.493 e. The van der Waals surface area contributed by atoms with Gasteiger partial charge in [0.2, 0.25) is 0 Å². The maximum Gasteiger partial charge on any atom is 0.271 e. The van der Waals surface area contributed by atoms with E-state index in [1.54, 1.807) is 18.2 Å². The molecule has 8 heteroatoms. The fourth-order valence-corrected chi connectivity index (χ4v) is 3.32. The van der Waals surface area contributed by atoms with E-state index in [4.69, 9.17) is 21.1 Å². The van der Waals surface area contributed by atoms with E-state index in [0.29, 0.717) is 32.1 Å². The van der Waals surface area contributed by atoms with Crippen LogP contribution in [0.2, 0.25) is 5.02 Å². The highest BCUT2D eigenvalue weighted by molar-refractivity contribution is 9.10. The van der Waals surface area contributed by atoms with E-state index in [9.17, 15) is 9.18 Å². The molecule has 1 N–H and O–H groups in total. The van der Waals surface area contributed by atoms with Crippen molar-refractivity contribution in [3.8, 4) is 11.5 Å². The molecule has 0 aromatic heterocycles. The first kappa shape index (κ1) is 21.8. The number of benzene rings is 3. The fourth-order valence-electron chi connectivity index (χ4n) is 2.55. The molecule has 0 aliphatic carbocycles. The summed E-state index contributed by atoms with van der Waals surface area (Å²) >= 11 is 9.64. The molecule has 3 aromatic rings. The molecule has 3 rings (SSSR count). The highest BCUT2D eigenvalue weighted by Crippen LogP contribution is 2.37. The van der Waals surface area contributed by atoms with E-state index in [1.165, 1.54) is 37.6 Å². The lowest BCUT2D eigenvalue weighted by Crippen LogP contribution is -2.17. The minimum absolute atomic E-state index is 0.274. The van der Waals surface area contributed by atoms with E-state index in [2.05, 4.69) is 26.5 Å². The molecule has 0 saturated heterocycles. The highest BCUT2D eigenvalue weighted by Gasteiger charge is 2.12. The summed E-state index contributed by atoms with van der Waals surface area (Å²) in [5, 5.41) is 4.56. The zero-order valence-electron chi connectivity index (χ0n) is 15.9. The van der Waals surface area contributed by atoms with E-state index < -0.39 is 11.7 Å². The number of hydrogen-bond acceptors (Lipinski definition) is 4. The Morgan fingerprint density at radius 3 is 2.63 bits per heavy atom. The van der Waals surface area contributed by atoms with E-state index >= 15 is 0 Å². The lowest BCUT2D eigenvalue weighted by molar-refractivity contribution is 0.0955. The van der Waals surface area contributed by atoms with Crippen molar-refractivity contribution in [2.24, 2.45) is 5.10 Å². The summed E-state index contributed by atoms with van der Waals surface area (Å²) in [6, 6.07) is 16.1. The zero-order valence-corrected chi connectivity index (χ0v) is 18.2. The Morgan fingerprint density at radius 2 is 1.93 bits per heavy atom. The lowest BCUT2D eigenvalue weighted by Gasteiger charge is -2.14. The van der Waals surface area contributed by atoms with Gasteiger partial charge in [0.15, 0.2) is 11.5 Å². The topological polar surface area (TPSA) is 59.9 Å². The molecule has 0 spiro atoms. The number of halogens is 3. The van der Waals surface area contributed by atoms with Gasteiger partial charge in [-0.2, -0.15) is 5.10 Å². The molecule has 0 unspecified atom stereocenters. The van der Waals surface area contributed by atoms with Crippen molar-refractivity contribution >= 4 is 39.7 Å². The third kappa shape index (κ3) is 5.58. The van der Waals surface area contributed by atoms with Gasteiger partial charge in [0.05, 0.1) is 17.8 Å². The van der Waals surface area contributed by atoms with Crippen molar-refractivity contribution in [2.75, 3.05) is 7.11 Å². The second kappa shape index (κ2) is 10.2. The number of hydrogen-bond donors (Lipinski definition) is 1. The smallest absolute Gasteiger partial charge is 0.271 e. The van der Waals surface area contributed by atoms with Gasteiger partial charge in [-0.15, -0.1) is 0 Å². The van der Waals surface area contributed by atoms with Gasteiger partial charge in [-0.3, -0.25) is 4.79 Å². The highest BCUT2D eigenvalue weighted by atomic mass is 79.9. The molecule has 0 atom stereocenters. The van der Waals surface area contributed by atoms with E-state index in [-0.39, 0.29) is 6.61 Å². The average Bonchev–Trinajstić information content (AvgIpc) is 2.74. The van der Waals surface area contributed by atoms with Gasteiger partial charge in [0, 0.05) is 16.1 Å². The molecule has 154 valence electrons. The van der Waals surface area contributed by atoms with Crippen LogP contribution in [0.3, 0.4) is 0 Å². The molecule has 5 nitrogen and oxygen atoms in total. The number of hydrazone groups is 1. The standard InChI is InChI=1S/C22H17BrClFN2O3/c1-29-20-11-14(12-26-27-22(28)15-6-8-17(25)9-7-15)10-18(23)21(20)30-13-16-4-2-3-5-19(16)24/h2-12H,13H2,1H3,(H,27,28)/b26-12+. The van der Waals surface area contributed by atoms with Crippen molar-refractivity contribution < 1.29 is 18.7 Å². The molecule has 0 bridgehead atoms. The molecule has 30 heavy (non-hydrogen) atoms. The van der Waals surface area contributed by atoms with Gasteiger partial charge in [-0.05, 0) is 64.0 Å². The molecular formula is C22H17BrClFN2O3. The first-order valence-electron chi connectivity index (χ1n) is 8.80. The number of nitrogens with one attached hydrogen (secondary N) is 1. The maximum atomic E-state index is 12.9. The van der Waals surface area contributed by atoms with Crippen molar-refractivity contribution in [1.82, 2.24) is 5.43 Å². The summed E-state index contributed by atoms with van der Waals surface area (Å²) in [6.45, 7) is 0.274. The van der Waals surface area contributed by atoms with Gasteiger partial charge >= 0.3 is 0 Å². The van der Waals surface area contributed by atoms with Crippen LogP contribution in [0.4, 0.5) is 4.39 Å². The number of carbonyl (C=O) groups excluding carboxylic acids is 1. The van der Waals surface area contributed by atoms with Crippen LogP contribution >= 0.6 is 27.5 Å². The fraction of sp³-hybridized carbons (Fsp3) is 0.0909. The predicted molar refractivity (Wildman–Crippen MR) is 118 cm³/mol. The minimum atomic E-state index is -0.447. The second-order valence-electron chi connectivity index (χ2n) is 6.12. The summed E-state index contributed by atoms with van der Waals surface area (Å²) in [6.07, 6.45) is 1.46. The van der Waals surface area contributed by atoms with Crippen LogP contribution in [-0.2, 0) is 6.61 Å². The Hall–Kier alpha value is -2.90. The first-order chi connectivity index (χ1) is 14.5. The Labute approximate surface area is 186 Å². The Bertz CT molecular complexity index is 1070. The summed E-state index contributed by atoms with van der Waals surface area (Å²) in [4.78, 5) is 12.0. The number of ether oxygens (including phenoxy) is 2. The van der Waals surface area contributed by atoms with Crippen LogP contribution in [0.25, 0.3) is 0 Å². The molecule has 0 aliphatic rings. The summed E-state index contributed by atoms with van der Waals surface area (Å²) in [7, 11) is 1.53. The molecule has 0 aliphatic heterocycles. The third-order valence-electron chi connectivity index (χ3n) is 4.07. The van der Waals surface area contributed by atoms with Crippen LogP contribution in [0.5, 0.6) is 11.5 Å². The molecule has 0 fully saturated rings. The van der Waals surface area contributed by atoms with Crippen molar-refractivity contribution in [3.05, 3.63) is 92.7 Å². The van der Waals surface area contributed by atoms with Crippen molar-refractivity contribution in [2.45, 2.75) is 6.61 Å². The Kier molecular flexibility index (Phi) is 7.43. The Balaban J connectivity index is 1.70. The number of amides is 1. The molecule has 0 saturated carbocycles. The van der Waals surface area contributed by atoms with Crippen LogP contribution in [0, 0.1) is 5.82 Å². The van der Waals surface area contributed by atoms with E-state index in [0.717, 1.165) is 5.56 Å². The number of nitrogens with zero attached hydrogens (tertiary/aromatic N) is 1.